The average molecular weight is 415 g/mol. The molecule has 2 saturated carbocycles. The van der Waals surface area contributed by atoms with E-state index in [1.54, 1.807) is 0 Å². The van der Waals surface area contributed by atoms with Crippen molar-refractivity contribution in [3.05, 3.63) is 23.3 Å². The molecule has 1 N–H and O–H groups in total. The van der Waals surface area contributed by atoms with Crippen LogP contribution in [0, 0.1) is 46.8 Å². The standard InChI is InChI=1S/C26H38O4/c1-13(2)17(6)23(28)30-25-12-16(5)26(29)19-11-15(4)21(27)18(19)9-14(3)10-20(26)22(25)24(25,7)8/h10-11,13,16-20,22,29H,9,12H2,1-8H3. The smallest absolute Gasteiger partial charge is 0.309 e. The summed E-state index contributed by atoms with van der Waals surface area (Å²) in [6.07, 6.45) is 5.58. The fourth-order valence-corrected chi connectivity index (χ4v) is 7.08. The lowest BCUT2D eigenvalue weighted by atomic mass is 9.61. The second-order valence-electron chi connectivity index (χ2n) is 11.6. The van der Waals surface area contributed by atoms with Crippen molar-refractivity contribution in [2.24, 2.45) is 46.8 Å². The van der Waals surface area contributed by atoms with Crippen LogP contribution in [0.25, 0.3) is 0 Å². The highest BCUT2D eigenvalue weighted by Gasteiger charge is 2.82. The Morgan fingerprint density at radius 3 is 2.40 bits per heavy atom. The molecule has 0 heterocycles. The van der Waals surface area contributed by atoms with E-state index in [0.717, 1.165) is 11.1 Å². The Kier molecular flexibility index (Phi) is 4.75. The molecule has 0 aromatic carbocycles. The predicted molar refractivity (Wildman–Crippen MR) is 116 cm³/mol. The first kappa shape index (κ1) is 21.8. The minimum Gasteiger partial charge on any atom is -0.458 e. The number of ketones is 1. The van der Waals surface area contributed by atoms with Crippen molar-refractivity contribution in [2.45, 2.75) is 79.4 Å². The maximum atomic E-state index is 13.0. The van der Waals surface area contributed by atoms with Crippen molar-refractivity contribution < 1.29 is 19.4 Å². The number of aliphatic hydroxyl groups is 1. The predicted octanol–water partition coefficient (Wildman–Crippen LogP) is 4.72. The van der Waals surface area contributed by atoms with Crippen LogP contribution in [-0.2, 0) is 14.3 Å². The number of carbonyl (C=O) groups is 2. The minimum atomic E-state index is -0.992. The molecule has 0 aliphatic heterocycles. The Hall–Kier alpha value is -1.42. The lowest BCUT2D eigenvalue weighted by molar-refractivity contribution is -0.177. The van der Waals surface area contributed by atoms with Gasteiger partial charge in [0.2, 0.25) is 0 Å². The largest absolute Gasteiger partial charge is 0.458 e. The summed E-state index contributed by atoms with van der Waals surface area (Å²) in [4.78, 5) is 25.8. The van der Waals surface area contributed by atoms with Gasteiger partial charge < -0.3 is 9.84 Å². The van der Waals surface area contributed by atoms with E-state index in [0.29, 0.717) is 12.8 Å². The molecule has 0 bridgehead atoms. The summed E-state index contributed by atoms with van der Waals surface area (Å²) in [6, 6.07) is 0. The van der Waals surface area contributed by atoms with Crippen molar-refractivity contribution >= 4 is 11.8 Å². The summed E-state index contributed by atoms with van der Waals surface area (Å²) in [5, 5.41) is 12.3. The Labute approximate surface area is 181 Å². The van der Waals surface area contributed by atoms with Gasteiger partial charge in [0, 0.05) is 29.1 Å². The van der Waals surface area contributed by atoms with Crippen molar-refractivity contribution in [3.8, 4) is 0 Å². The molecular formula is C26H38O4. The lowest BCUT2D eigenvalue weighted by Crippen LogP contribution is -2.56. The molecule has 4 rings (SSSR count). The lowest BCUT2D eigenvalue weighted by Gasteiger charge is -2.49. The molecule has 0 saturated heterocycles. The summed E-state index contributed by atoms with van der Waals surface area (Å²) in [6.45, 7) is 16.4. The highest BCUT2D eigenvalue weighted by Crippen LogP contribution is 2.76. The third kappa shape index (κ3) is 2.61. The number of allylic oxidation sites excluding steroid dienone is 2. The maximum absolute atomic E-state index is 13.0. The normalized spacial score (nSPS) is 44.9. The van der Waals surface area contributed by atoms with E-state index >= 15 is 0 Å². The summed E-state index contributed by atoms with van der Waals surface area (Å²) < 4.78 is 6.32. The van der Waals surface area contributed by atoms with Gasteiger partial charge in [0.15, 0.2) is 5.78 Å². The van der Waals surface area contributed by atoms with Crippen LogP contribution in [0.3, 0.4) is 0 Å². The van der Waals surface area contributed by atoms with Gasteiger partial charge >= 0.3 is 5.97 Å². The molecule has 166 valence electrons. The fraction of sp³-hybridized carbons (Fsp3) is 0.769. The molecule has 0 aromatic rings. The zero-order valence-electron chi connectivity index (χ0n) is 19.8. The van der Waals surface area contributed by atoms with Gasteiger partial charge in [-0.1, -0.05) is 59.3 Å². The number of carbonyl (C=O) groups excluding carboxylic acids is 2. The summed E-state index contributed by atoms with van der Waals surface area (Å²) in [7, 11) is 0. The third-order valence-electron chi connectivity index (χ3n) is 9.36. The van der Waals surface area contributed by atoms with Crippen molar-refractivity contribution in [1.82, 2.24) is 0 Å². The molecule has 4 aliphatic rings. The molecule has 4 heteroatoms. The molecule has 30 heavy (non-hydrogen) atoms. The highest BCUT2D eigenvalue weighted by molar-refractivity contribution is 5.99. The first-order valence-corrected chi connectivity index (χ1v) is 11.6. The number of hydrogen-bond donors (Lipinski definition) is 1. The Morgan fingerprint density at radius 2 is 1.80 bits per heavy atom. The molecule has 4 nitrogen and oxygen atoms in total. The molecule has 0 aromatic heterocycles. The van der Waals surface area contributed by atoms with Crippen molar-refractivity contribution in [1.29, 1.82) is 0 Å². The van der Waals surface area contributed by atoms with Gasteiger partial charge in [-0.3, -0.25) is 9.59 Å². The Morgan fingerprint density at radius 1 is 1.17 bits per heavy atom. The van der Waals surface area contributed by atoms with Crippen LogP contribution in [0.15, 0.2) is 23.3 Å². The Bertz CT molecular complexity index is 849. The number of rotatable bonds is 3. The SMILES string of the molecule is CC1=CC2C3C(C)(C)C3(OC(=O)C(C)C(C)C)CC(C)C2(O)C2C=C(C)C(=O)C2C1. The number of fused-ring (bicyclic) bond motifs is 5. The fourth-order valence-electron chi connectivity index (χ4n) is 7.08. The maximum Gasteiger partial charge on any atom is 0.309 e. The van der Waals surface area contributed by atoms with Crippen LogP contribution in [0.5, 0.6) is 0 Å². The van der Waals surface area contributed by atoms with Gasteiger partial charge in [-0.15, -0.1) is 0 Å². The van der Waals surface area contributed by atoms with E-state index in [-0.39, 0.29) is 58.6 Å². The van der Waals surface area contributed by atoms with Crippen LogP contribution in [-0.4, -0.2) is 28.1 Å². The van der Waals surface area contributed by atoms with Gasteiger partial charge in [0.05, 0.1) is 11.5 Å². The molecule has 4 aliphatic carbocycles. The molecule has 0 amide bonds. The van der Waals surface area contributed by atoms with E-state index in [9.17, 15) is 14.7 Å². The van der Waals surface area contributed by atoms with Gasteiger partial charge in [-0.25, -0.2) is 0 Å². The van der Waals surface area contributed by atoms with Crippen LogP contribution >= 0.6 is 0 Å². The molecule has 0 radical (unpaired) electrons. The van der Waals surface area contributed by atoms with Crippen LogP contribution in [0.2, 0.25) is 0 Å². The molecule has 8 unspecified atom stereocenters. The first-order valence-electron chi connectivity index (χ1n) is 11.6. The van der Waals surface area contributed by atoms with Gasteiger partial charge in [-0.05, 0) is 44.1 Å². The first-order chi connectivity index (χ1) is 13.8. The zero-order valence-corrected chi connectivity index (χ0v) is 19.8. The van der Waals surface area contributed by atoms with Crippen LogP contribution in [0.1, 0.15) is 68.2 Å². The highest BCUT2D eigenvalue weighted by atomic mass is 16.6. The second kappa shape index (κ2) is 6.54. The molecule has 8 atom stereocenters. The quantitative estimate of drug-likeness (QED) is 0.536. The summed E-state index contributed by atoms with van der Waals surface area (Å²) in [5.74, 6) is -0.347. The topological polar surface area (TPSA) is 63.6 Å². The van der Waals surface area contributed by atoms with E-state index in [1.807, 2.05) is 33.8 Å². The van der Waals surface area contributed by atoms with Crippen molar-refractivity contribution in [3.63, 3.8) is 0 Å². The third-order valence-corrected chi connectivity index (χ3v) is 9.36. The minimum absolute atomic E-state index is 0.0626. The molecule has 2 fully saturated rings. The monoisotopic (exact) mass is 414 g/mol. The van der Waals surface area contributed by atoms with Gasteiger partial charge in [0.25, 0.3) is 0 Å². The van der Waals surface area contributed by atoms with E-state index in [4.69, 9.17) is 4.74 Å². The van der Waals surface area contributed by atoms with E-state index < -0.39 is 11.2 Å². The Balaban J connectivity index is 1.76. The number of ether oxygens (including phenoxy) is 1. The molecule has 0 spiro atoms. The van der Waals surface area contributed by atoms with E-state index in [1.165, 1.54) is 0 Å². The van der Waals surface area contributed by atoms with Crippen LogP contribution < -0.4 is 0 Å². The average Bonchev–Trinajstić information content (AvgIpc) is 3.01. The van der Waals surface area contributed by atoms with Gasteiger partial charge in [0.1, 0.15) is 5.60 Å². The summed E-state index contributed by atoms with van der Waals surface area (Å²) >= 11 is 0. The van der Waals surface area contributed by atoms with Crippen LogP contribution in [0.4, 0.5) is 0 Å². The molecular weight excluding hydrogens is 376 g/mol. The number of hydrogen-bond acceptors (Lipinski definition) is 4. The number of esters is 1. The zero-order chi connectivity index (χ0) is 22.4. The van der Waals surface area contributed by atoms with E-state index in [2.05, 4.69) is 33.8 Å². The number of Topliss-reactive ketones (excluding diaryl/α,β-unsaturated/α-hetero) is 1. The van der Waals surface area contributed by atoms with Gasteiger partial charge in [-0.2, -0.15) is 0 Å². The summed E-state index contributed by atoms with van der Waals surface area (Å²) in [5.41, 5.74) is 0.203. The van der Waals surface area contributed by atoms with Crippen molar-refractivity contribution in [2.75, 3.05) is 0 Å². The second-order valence-corrected chi connectivity index (χ2v) is 11.6.